The van der Waals surface area contributed by atoms with Crippen molar-refractivity contribution in [3.63, 3.8) is 0 Å². The van der Waals surface area contributed by atoms with Gasteiger partial charge in [0, 0.05) is 25.4 Å². The first-order chi connectivity index (χ1) is 6.95. The second-order valence-corrected chi connectivity index (χ2v) is 3.55. The van der Waals surface area contributed by atoms with Crippen LogP contribution in [0.3, 0.4) is 0 Å². The van der Waals surface area contributed by atoms with Crippen LogP contribution < -0.4 is 5.01 Å². The third-order valence-electron chi connectivity index (χ3n) is 2.71. The molecule has 4 nitrogen and oxygen atoms in total. The molecule has 0 N–H and O–H groups in total. The summed E-state index contributed by atoms with van der Waals surface area (Å²) in [5.74, 6) is 1.24. The molecule has 14 heavy (non-hydrogen) atoms. The van der Waals surface area contributed by atoms with Crippen LogP contribution in [0, 0.1) is 0 Å². The molecule has 0 aromatic carbocycles. The summed E-state index contributed by atoms with van der Waals surface area (Å²) in [6.45, 7) is 1.86. The zero-order valence-corrected chi connectivity index (χ0v) is 7.93. The lowest BCUT2D eigenvalue weighted by molar-refractivity contribution is 0.444. The minimum Gasteiger partial charge on any atom is -0.270 e. The van der Waals surface area contributed by atoms with Gasteiger partial charge in [-0.2, -0.15) is 0 Å². The molecular formula is C10H12N4. The van der Waals surface area contributed by atoms with Gasteiger partial charge in [-0.05, 0) is 18.6 Å². The quantitative estimate of drug-likeness (QED) is 0.665. The number of anilines is 1. The van der Waals surface area contributed by atoms with Crippen LogP contribution in [-0.4, -0.2) is 29.0 Å². The predicted octanol–water partition coefficient (Wildman–Crippen LogP) is 1.27. The van der Waals surface area contributed by atoms with Gasteiger partial charge in [-0.15, -0.1) is 0 Å². The molecule has 2 aliphatic rings. The van der Waals surface area contributed by atoms with Crippen molar-refractivity contribution >= 4 is 11.5 Å². The summed E-state index contributed by atoms with van der Waals surface area (Å²) >= 11 is 0. The highest BCUT2D eigenvalue weighted by molar-refractivity contribution is 5.87. The lowest BCUT2D eigenvalue weighted by Gasteiger charge is -2.27. The summed E-state index contributed by atoms with van der Waals surface area (Å²) in [5, 5.41) is 4.49. The lowest BCUT2D eigenvalue weighted by Crippen LogP contribution is -2.38. The van der Waals surface area contributed by atoms with Gasteiger partial charge in [0.2, 0.25) is 0 Å². The molecule has 0 bridgehead atoms. The summed E-state index contributed by atoms with van der Waals surface area (Å²) in [6.07, 6.45) is 5.99. The van der Waals surface area contributed by atoms with Crippen LogP contribution in [0.4, 0.5) is 5.69 Å². The standard InChI is InChI=1S/C10H12N4/c1-2-10-12-8-14(13(10)7-1)9-3-5-11-6-4-9/h3-6H,1-2,7-8H2. The molecule has 1 fully saturated rings. The van der Waals surface area contributed by atoms with E-state index in [9.17, 15) is 0 Å². The van der Waals surface area contributed by atoms with Gasteiger partial charge in [-0.1, -0.05) is 0 Å². The van der Waals surface area contributed by atoms with E-state index in [1.54, 1.807) is 0 Å². The number of aromatic nitrogens is 1. The van der Waals surface area contributed by atoms with Crippen molar-refractivity contribution in [1.82, 2.24) is 9.99 Å². The molecule has 72 valence electrons. The van der Waals surface area contributed by atoms with Crippen LogP contribution in [0.5, 0.6) is 0 Å². The second-order valence-electron chi connectivity index (χ2n) is 3.55. The molecule has 1 saturated heterocycles. The third kappa shape index (κ3) is 1.07. The van der Waals surface area contributed by atoms with Gasteiger partial charge in [0.1, 0.15) is 12.5 Å². The minimum atomic E-state index is 0.763. The maximum absolute atomic E-state index is 4.50. The van der Waals surface area contributed by atoms with E-state index in [1.165, 1.54) is 17.9 Å². The highest BCUT2D eigenvalue weighted by atomic mass is 15.7. The normalized spacial score (nSPS) is 19.9. The average Bonchev–Trinajstić information content (AvgIpc) is 2.79. The molecule has 0 aliphatic carbocycles. The summed E-state index contributed by atoms with van der Waals surface area (Å²) in [5.41, 5.74) is 1.18. The molecule has 2 aliphatic heterocycles. The fourth-order valence-corrected chi connectivity index (χ4v) is 2.03. The molecule has 0 amide bonds. The monoisotopic (exact) mass is 188 g/mol. The van der Waals surface area contributed by atoms with E-state index in [2.05, 4.69) is 20.0 Å². The molecular weight excluding hydrogens is 176 g/mol. The van der Waals surface area contributed by atoms with Gasteiger partial charge in [0.05, 0.1) is 5.69 Å². The molecule has 0 atom stereocenters. The van der Waals surface area contributed by atoms with Crippen molar-refractivity contribution < 1.29 is 0 Å². The highest BCUT2D eigenvalue weighted by Gasteiger charge is 2.29. The Balaban J connectivity index is 1.89. The van der Waals surface area contributed by atoms with Gasteiger partial charge >= 0.3 is 0 Å². The summed E-state index contributed by atoms with van der Waals surface area (Å²) < 4.78 is 0. The number of hydrogen-bond acceptors (Lipinski definition) is 4. The minimum absolute atomic E-state index is 0.763. The molecule has 3 rings (SSSR count). The number of nitrogens with zero attached hydrogens (tertiary/aromatic N) is 4. The van der Waals surface area contributed by atoms with Crippen LogP contribution in [0.1, 0.15) is 12.8 Å². The Bertz CT molecular complexity index is 360. The molecule has 0 unspecified atom stereocenters. The van der Waals surface area contributed by atoms with Crippen molar-refractivity contribution in [2.45, 2.75) is 12.8 Å². The van der Waals surface area contributed by atoms with E-state index >= 15 is 0 Å². The Labute approximate surface area is 82.8 Å². The van der Waals surface area contributed by atoms with Crippen LogP contribution in [-0.2, 0) is 0 Å². The Kier molecular flexibility index (Phi) is 1.65. The maximum Gasteiger partial charge on any atom is 0.132 e. The van der Waals surface area contributed by atoms with E-state index in [0.29, 0.717) is 0 Å². The molecule has 3 heterocycles. The molecule has 0 saturated carbocycles. The first-order valence-electron chi connectivity index (χ1n) is 4.93. The fraction of sp³-hybridized carbons (Fsp3) is 0.400. The zero-order valence-electron chi connectivity index (χ0n) is 7.93. The number of hydrazine groups is 1. The summed E-state index contributed by atoms with van der Waals surface area (Å²) in [4.78, 5) is 8.52. The number of fused-ring (bicyclic) bond motifs is 1. The zero-order chi connectivity index (χ0) is 9.38. The maximum atomic E-state index is 4.50. The number of aliphatic imine (C=N–C) groups is 1. The van der Waals surface area contributed by atoms with Crippen molar-refractivity contribution in [3.05, 3.63) is 24.5 Å². The van der Waals surface area contributed by atoms with Gasteiger partial charge in [-0.25, -0.2) is 4.99 Å². The van der Waals surface area contributed by atoms with Crippen molar-refractivity contribution in [3.8, 4) is 0 Å². The van der Waals surface area contributed by atoms with Crippen molar-refractivity contribution in [2.75, 3.05) is 18.2 Å². The Morgan fingerprint density at radius 2 is 2.00 bits per heavy atom. The molecule has 0 radical (unpaired) electrons. The van der Waals surface area contributed by atoms with E-state index in [1.807, 2.05) is 24.5 Å². The smallest absolute Gasteiger partial charge is 0.132 e. The molecule has 1 aromatic rings. The number of rotatable bonds is 1. The predicted molar refractivity (Wildman–Crippen MR) is 55.0 cm³/mol. The Hall–Kier alpha value is -1.58. The summed E-state index contributed by atoms with van der Waals surface area (Å²) in [6, 6.07) is 4.05. The topological polar surface area (TPSA) is 31.7 Å². The lowest BCUT2D eigenvalue weighted by atomic mass is 10.4. The third-order valence-corrected chi connectivity index (χ3v) is 2.71. The van der Waals surface area contributed by atoms with Gasteiger partial charge < -0.3 is 0 Å². The first kappa shape index (κ1) is 7.79. The first-order valence-corrected chi connectivity index (χ1v) is 4.93. The molecule has 1 aromatic heterocycles. The van der Waals surface area contributed by atoms with E-state index < -0.39 is 0 Å². The number of pyridine rings is 1. The Morgan fingerprint density at radius 3 is 2.86 bits per heavy atom. The largest absolute Gasteiger partial charge is 0.270 e. The van der Waals surface area contributed by atoms with Gasteiger partial charge in [-0.3, -0.25) is 15.0 Å². The second kappa shape index (κ2) is 2.97. The van der Waals surface area contributed by atoms with Crippen LogP contribution in [0.2, 0.25) is 0 Å². The van der Waals surface area contributed by atoms with Gasteiger partial charge in [0.25, 0.3) is 0 Å². The van der Waals surface area contributed by atoms with Gasteiger partial charge in [0.15, 0.2) is 0 Å². The summed E-state index contributed by atoms with van der Waals surface area (Å²) in [7, 11) is 0. The fourth-order valence-electron chi connectivity index (χ4n) is 2.03. The highest BCUT2D eigenvalue weighted by Crippen LogP contribution is 2.25. The number of hydrogen-bond donors (Lipinski definition) is 0. The van der Waals surface area contributed by atoms with Crippen molar-refractivity contribution in [1.29, 1.82) is 0 Å². The average molecular weight is 188 g/mol. The van der Waals surface area contributed by atoms with Crippen molar-refractivity contribution in [2.24, 2.45) is 4.99 Å². The number of amidine groups is 1. The van der Waals surface area contributed by atoms with E-state index in [4.69, 9.17) is 0 Å². The van der Waals surface area contributed by atoms with E-state index in [0.717, 1.165) is 19.6 Å². The van der Waals surface area contributed by atoms with Crippen LogP contribution >= 0.6 is 0 Å². The molecule has 0 spiro atoms. The van der Waals surface area contributed by atoms with E-state index in [-0.39, 0.29) is 0 Å². The van der Waals surface area contributed by atoms with Crippen LogP contribution in [0.15, 0.2) is 29.5 Å². The SMILES string of the molecule is c1cc(N2CN=C3CCCN32)ccn1. The van der Waals surface area contributed by atoms with Crippen LogP contribution in [0.25, 0.3) is 0 Å². The Morgan fingerprint density at radius 1 is 1.14 bits per heavy atom. The molecule has 4 heteroatoms.